The quantitative estimate of drug-likeness (QED) is 0.738. The van der Waals surface area contributed by atoms with Crippen LogP contribution in [0.1, 0.15) is 17.4 Å². The molecule has 3 rings (SSSR count). The van der Waals surface area contributed by atoms with E-state index >= 15 is 0 Å². The Morgan fingerprint density at radius 3 is 2.88 bits per heavy atom. The number of rotatable bonds is 6. The third kappa shape index (κ3) is 3.92. The van der Waals surface area contributed by atoms with Crippen LogP contribution in [0, 0.1) is 5.92 Å². The van der Waals surface area contributed by atoms with Gasteiger partial charge in [-0.3, -0.25) is 4.79 Å². The maximum atomic E-state index is 12.2. The topological polar surface area (TPSA) is 83.5 Å². The highest BCUT2D eigenvalue weighted by Crippen LogP contribution is 2.25. The molecule has 3 N–H and O–H groups in total. The summed E-state index contributed by atoms with van der Waals surface area (Å²) >= 11 is 1.43. The van der Waals surface area contributed by atoms with Crippen molar-refractivity contribution in [3.63, 3.8) is 0 Å². The number of aliphatic hydroxyl groups is 1. The molecule has 1 saturated heterocycles. The summed E-state index contributed by atoms with van der Waals surface area (Å²) in [4.78, 5) is 16.6. The molecular weight excluding hydrogens is 326 g/mol. The summed E-state index contributed by atoms with van der Waals surface area (Å²) in [7, 11) is 0. The molecule has 2 heterocycles. The Morgan fingerprint density at radius 2 is 2.21 bits per heavy atom. The number of hydrogen-bond acceptors (Lipinski definition) is 6. The van der Waals surface area contributed by atoms with Crippen LogP contribution in [0.15, 0.2) is 29.6 Å². The van der Waals surface area contributed by atoms with Crippen molar-refractivity contribution in [2.75, 3.05) is 26.2 Å². The van der Waals surface area contributed by atoms with E-state index < -0.39 is 6.10 Å². The van der Waals surface area contributed by atoms with Crippen LogP contribution in [0.25, 0.3) is 10.6 Å². The van der Waals surface area contributed by atoms with Gasteiger partial charge in [0.05, 0.1) is 12.7 Å². The van der Waals surface area contributed by atoms with Gasteiger partial charge in [-0.1, -0.05) is 0 Å². The highest BCUT2D eigenvalue weighted by Gasteiger charge is 2.25. The highest BCUT2D eigenvalue weighted by molar-refractivity contribution is 7.13. The summed E-state index contributed by atoms with van der Waals surface area (Å²) in [6.45, 7) is 4.32. The molecule has 1 fully saturated rings. The van der Waals surface area contributed by atoms with E-state index in [0.717, 1.165) is 22.9 Å². The Kier molecular flexibility index (Phi) is 5.44. The SMILES string of the molecule is CCOc1ccc(-c2nc(C(=O)NCC3CNCC3O)cs2)cc1. The van der Waals surface area contributed by atoms with E-state index in [1.165, 1.54) is 11.3 Å². The van der Waals surface area contributed by atoms with Crippen molar-refractivity contribution in [1.82, 2.24) is 15.6 Å². The second kappa shape index (κ2) is 7.74. The highest BCUT2D eigenvalue weighted by atomic mass is 32.1. The monoisotopic (exact) mass is 347 g/mol. The lowest BCUT2D eigenvalue weighted by Crippen LogP contribution is -2.34. The van der Waals surface area contributed by atoms with Gasteiger partial charge in [-0.15, -0.1) is 11.3 Å². The number of nitrogens with one attached hydrogen (secondary N) is 2. The summed E-state index contributed by atoms with van der Waals surface area (Å²) < 4.78 is 5.42. The number of amides is 1. The van der Waals surface area contributed by atoms with Gasteiger partial charge >= 0.3 is 0 Å². The third-order valence-corrected chi connectivity index (χ3v) is 4.87. The molecule has 0 bridgehead atoms. The maximum absolute atomic E-state index is 12.2. The minimum atomic E-state index is -0.403. The molecule has 1 amide bonds. The Balaban J connectivity index is 1.60. The second-order valence-electron chi connectivity index (χ2n) is 5.69. The predicted octanol–water partition coefficient (Wildman–Crippen LogP) is 1.52. The molecular formula is C17H21N3O3S. The van der Waals surface area contributed by atoms with Crippen molar-refractivity contribution in [3.8, 4) is 16.3 Å². The first-order valence-electron chi connectivity index (χ1n) is 8.03. The predicted molar refractivity (Wildman–Crippen MR) is 93.4 cm³/mol. The molecule has 128 valence electrons. The van der Waals surface area contributed by atoms with Gasteiger partial charge in [-0.2, -0.15) is 0 Å². The number of benzene rings is 1. The fourth-order valence-corrected chi connectivity index (χ4v) is 3.42. The number of hydrogen-bond donors (Lipinski definition) is 3. The lowest BCUT2D eigenvalue weighted by atomic mass is 10.1. The molecule has 1 aliphatic rings. The summed E-state index contributed by atoms with van der Waals surface area (Å²) in [6.07, 6.45) is -0.403. The van der Waals surface area contributed by atoms with E-state index in [1.54, 1.807) is 5.38 Å². The minimum absolute atomic E-state index is 0.0539. The normalized spacial score (nSPS) is 20.1. The Hall–Kier alpha value is -1.96. The van der Waals surface area contributed by atoms with Crippen LogP contribution in [0.5, 0.6) is 5.75 Å². The smallest absolute Gasteiger partial charge is 0.270 e. The molecule has 24 heavy (non-hydrogen) atoms. The maximum Gasteiger partial charge on any atom is 0.270 e. The van der Waals surface area contributed by atoms with E-state index in [9.17, 15) is 9.90 Å². The van der Waals surface area contributed by atoms with Crippen LogP contribution in [0.2, 0.25) is 0 Å². The largest absolute Gasteiger partial charge is 0.494 e. The van der Waals surface area contributed by atoms with Gasteiger partial charge in [-0.05, 0) is 31.2 Å². The van der Waals surface area contributed by atoms with Gasteiger partial charge in [0.2, 0.25) is 0 Å². The van der Waals surface area contributed by atoms with Gasteiger partial charge in [0.15, 0.2) is 0 Å². The Labute approximate surface area is 144 Å². The molecule has 2 unspecified atom stereocenters. The van der Waals surface area contributed by atoms with Crippen molar-refractivity contribution < 1.29 is 14.6 Å². The Bertz CT molecular complexity index is 687. The van der Waals surface area contributed by atoms with Gasteiger partial charge in [0, 0.05) is 36.5 Å². The van der Waals surface area contributed by atoms with Crippen molar-refractivity contribution in [2.45, 2.75) is 13.0 Å². The molecule has 6 nitrogen and oxygen atoms in total. The van der Waals surface area contributed by atoms with Crippen LogP contribution < -0.4 is 15.4 Å². The summed E-state index contributed by atoms with van der Waals surface area (Å²) in [6, 6.07) is 7.67. The van der Waals surface area contributed by atoms with Gasteiger partial charge in [0.1, 0.15) is 16.5 Å². The van der Waals surface area contributed by atoms with Crippen molar-refractivity contribution in [1.29, 1.82) is 0 Å². The van der Waals surface area contributed by atoms with Crippen molar-refractivity contribution in [2.24, 2.45) is 5.92 Å². The average molecular weight is 347 g/mol. The van der Waals surface area contributed by atoms with Crippen molar-refractivity contribution in [3.05, 3.63) is 35.3 Å². The first-order chi connectivity index (χ1) is 11.7. The van der Waals surface area contributed by atoms with Gasteiger partial charge in [-0.25, -0.2) is 4.98 Å². The standard InChI is InChI=1S/C17H21N3O3S/c1-2-23-13-5-3-11(4-6-13)17-20-14(10-24-17)16(22)19-8-12-7-18-9-15(12)21/h3-6,10,12,15,18,21H,2,7-9H2,1H3,(H,19,22). The molecule has 0 spiro atoms. The zero-order valence-electron chi connectivity index (χ0n) is 13.5. The number of carbonyl (C=O) groups excluding carboxylic acids is 1. The van der Waals surface area contributed by atoms with E-state index in [1.807, 2.05) is 31.2 Å². The lowest BCUT2D eigenvalue weighted by Gasteiger charge is -2.13. The number of thiazole rings is 1. The number of aromatic nitrogens is 1. The first kappa shape index (κ1) is 16.9. The molecule has 1 aliphatic heterocycles. The van der Waals surface area contributed by atoms with Crippen LogP contribution >= 0.6 is 11.3 Å². The molecule has 0 saturated carbocycles. The van der Waals surface area contributed by atoms with E-state index in [0.29, 0.717) is 25.4 Å². The molecule has 7 heteroatoms. The first-order valence-corrected chi connectivity index (χ1v) is 8.91. The van der Waals surface area contributed by atoms with E-state index in [4.69, 9.17) is 4.74 Å². The number of aliphatic hydroxyl groups excluding tert-OH is 1. The summed E-state index contributed by atoms with van der Waals surface area (Å²) in [5, 5.41) is 18.2. The Morgan fingerprint density at radius 1 is 1.42 bits per heavy atom. The number of carbonyl (C=O) groups is 1. The molecule has 1 aromatic heterocycles. The zero-order chi connectivity index (χ0) is 16.9. The summed E-state index contributed by atoms with van der Waals surface area (Å²) in [5.41, 5.74) is 1.36. The lowest BCUT2D eigenvalue weighted by molar-refractivity contribution is 0.0923. The zero-order valence-corrected chi connectivity index (χ0v) is 14.3. The molecule has 1 aromatic carbocycles. The molecule has 2 atom stereocenters. The van der Waals surface area contributed by atoms with Gasteiger partial charge in [0.25, 0.3) is 5.91 Å². The minimum Gasteiger partial charge on any atom is -0.494 e. The number of β-amino-alcohol motifs (C(OH)–C–C–N with tert-alkyl or cyclic N) is 1. The van der Waals surface area contributed by atoms with E-state index in [2.05, 4.69) is 15.6 Å². The second-order valence-corrected chi connectivity index (χ2v) is 6.55. The average Bonchev–Trinajstić information content (AvgIpc) is 3.23. The fraction of sp³-hybridized carbons (Fsp3) is 0.412. The van der Waals surface area contributed by atoms with Crippen LogP contribution in [0.4, 0.5) is 0 Å². The van der Waals surface area contributed by atoms with Crippen LogP contribution in [-0.2, 0) is 0 Å². The third-order valence-electron chi connectivity index (χ3n) is 3.98. The molecule has 0 aliphatic carbocycles. The molecule has 0 radical (unpaired) electrons. The molecule has 2 aromatic rings. The van der Waals surface area contributed by atoms with Crippen LogP contribution in [0.3, 0.4) is 0 Å². The number of nitrogens with zero attached hydrogens (tertiary/aromatic N) is 1. The number of ether oxygens (including phenoxy) is 1. The van der Waals surface area contributed by atoms with E-state index in [-0.39, 0.29) is 11.8 Å². The fourth-order valence-electron chi connectivity index (χ4n) is 2.61. The van der Waals surface area contributed by atoms with Gasteiger partial charge < -0.3 is 20.5 Å². The summed E-state index contributed by atoms with van der Waals surface area (Å²) in [5.74, 6) is 0.667. The van der Waals surface area contributed by atoms with Crippen LogP contribution in [-0.4, -0.2) is 48.3 Å². The van der Waals surface area contributed by atoms with Crippen molar-refractivity contribution >= 4 is 17.2 Å².